The van der Waals surface area contributed by atoms with E-state index in [9.17, 15) is 0 Å². The first-order valence-electron chi connectivity index (χ1n) is 9.51. The van der Waals surface area contributed by atoms with Crippen LogP contribution >= 0.6 is 6.04 Å². The van der Waals surface area contributed by atoms with Crippen LogP contribution in [-0.4, -0.2) is 0 Å². The Hall–Kier alpha value is -1.17. The summed E-state index contributed by atoms with van der Waals surface area (Å²) in [6.45, 7) is 18.9. The highest BCUT2D eigenvalue weighted by molar-refractivity contribution is 8.22. The lowest BCUT2D eigenvalue weighted by molar-refractivity contribution is 0.284. The monoisotopic (exact) mass is 380 g/mol. The van der Waals surface area contributed by atoms with Crippen LogP contribution in [-0.2, 0) is 11.8 Å². The molecule has 3 aliphatic rings. The van der Waals surface area contributed by atoms with Gasteiger partial charge in [-0.15, -0.1) is 0 Å². The maximum absolute atomic E-state index is 6.76. The van der Waals surface area contributed by atoms with Gasteiger partial charge in [-0.3, -0.25) is 0 Å². The molecule has 0 bridgehead atoms. The van der Waals surface area contributed by atoms with Crippen molar-refractivity contribution in [3.05, 3.63) is 74.4 Å². The normalized spacial score (nSPS) is 32.8. The van der Waals surface area contributed by atoms with Gasteiger partial charge in [-0.05, 0) is 79.8 Å². The number of allylic oxidation sites excluding steroid dienone is 8. The number of fused-ring (bicyclic) bond motifs is 3. The van der Waals surface area contributed by atoms with E-state index in [2.05, 4.69) is 85.7 Å². The average molecular weight is 381 g/mol. The minimum Gasteiger partial charge on any atom is -0.0832 e. The van der Waals surface area contributed by atoms with Crippen molar-refractivity contribution >= 4 is 23.1 Å². The number of rotatable bonds is 1. The fraction of sp³-hybridized carbons (Fsp3) is 0.417. The molecule has 0 amide bonds. The molecule has 2 aliphatic carbocycles. The van der Waals surface area contributed by atoms with Crippen molar-refractivity contribution in [2.45, 2.75) is 55.4 Å². The Morgan fingerprint density at radius 2 is 1.04 bits per heavy atom. The third-order valence-corrected chi connectivity index (χ3v) is 13.7. The Kier molecular flexibility index (Phi) is 3.65. The molecule has 136 valence electrons. The SMILES string of the molecule is CC1=C(C)[C@@]2(C)C(=C1C)P(=S)(c1ccccc1)C1=C(C)C(C)=C(C)[C@@]12C. The first kappa shape index (κ1) is 18.2. The van der Waals surface area contributed by atoms with Gasteiger partial charge in [0, 0.05) is 16.9 Å². The highest BCUT2D eigenvalue weighted by atomic mass is 32.4. The van der Waals surface area contributed by atoms with E-state index >= 15 is 0 Å². The van der Waals surface area contributed by atoms with Gasteiger partial charge in [0.2, 0.25) is 0 Å². The quantitative estimate of drug-likeness (QED) is 0.470. The molecule has 1 saturated heterocycles. The highest BCUT2D eigenvalue weighted by Crippen LogP contribution is 2.88. The van der Waals surface area contributed by atoms with E-state index in [4.69, 9.17) is 11.8 Å². The van der Waals surface area contributed by atoms with Gasteiger partial charge in [0.25, 0.3) is 0 Å². The van der Waals surface area contributed by atoms with Crippen molar-refractivity contribution in [2.24, 2.45) is 10.8 Å². The summed E-state index contributed by atoms with van der Waals surface area (Å²) < 4.78 is 0. The molecule has 1 fully saturated rings. The minimum atomic E-state index is -2.01. The Morgan fingerprint density at radius 1 is 0.654 bits per heavy atom. The molecule has 4 rings (SSSR count). The second-order valence-corrected chi connectivity index (χ2v) is 12.9. The first-order chi connectivity index (χ1) is 12.1. The van der Waals surface area contributed by atoms with Crippen molar-refractivity contribution in [1.82, 2.24) is 0 Å². The lowest BCUT2D eigenvalue weighted by Crippen LogP contribution is -2.34. The summed E-state index contributed by atoms with van der Waals surface area (Å²) in [7, 11) is 0. The van der Waals surface area contributed by atoms with Crippen LogP contribution in [0.2, 0.25) is 0 Å². The van der Waals surface area contributed by atoms with Crippen LogP contribution in [0.4, 0.5) is 0 Å². The van der Waals surface area contributed by atoms with E-state index in [1.807, 2.05) is 0 Å². The Balaban J connectivity index is 2.23. The summed E-state index contributed by atoms with van der Waals surface area (Å²) in [5, 5.41) is 4.48. The number of hydrogen-bond donors (Lipinski definition) is 0. The van der Waals surface area contributed by atoms with Crippen LogP contribution in [0.3, 0.4) is 0 Å². The molecule has 0 nitrogen and oxygen atoms in total. The average Bonchev–Trinajstić information content (AvgIpc) is 3.01. The zero-order chi connectivity index (χ0) is 19.2. The van der Waals surface area contributed by atoms with E-state index in [1.54, 1.807) is 10.6 Å². The number of benzene rings is 1. The van der Waals surface area contributed by atoms with E-state index in [0.717, 1.165) is 0 Å². The molecule has 1 aromatic carbocycles. The van der Waals surface area contributed by atoms with Gasteiger partial charge in [0.1, 0.15) is 0 Å². The zero-order valence-electron chi connectivity index (χ0n) is 17.2. The topological polar surface area (TPSA) is 0 Å². The molecule has 1 aliphatic heterocycles. The predicted molar refractivity (Wildman–Crippen MR) is 119 cm³/mol. The molecular weight excluding hydrogens is 351 g/mol. The summed E-state index contributed by atoms with van der Waals surface area (Å²) in [4.78, 5) is 0. The summed E-state index contributed by atoms with van der Waals surface area (Å²) in [6.07, 6.45) is 0. The Morgan fingerprint density at radius 3 is 1.42 bits per heavy atom. The van der Waals surface area contributed by atoms with Crippen LogP contribution < -0.4 is 5.30 Å². The van der Waals surface area contributed by atoms with Gasteiger partial charge in [-0.25, -0.2) is 0 Å². The lowest BCUT2D eigenvalue weighted by Gasteiger charge is -2.41. The fourth-order valence-electron chi connectivity index (χ4n) is 6.11. The molecule has 0 aromatic heterocycles. The maximum atomic E-state index is 6.76. The van der Waals surface area contributed by atoms with Gasteiger partial charge in [0.15, 0.2) is 0 Å². The molecule has 0 N–H and O–H groups in total. The summed E-state index contributed by atoms with van der Waals surface area (Å²) in [5.74, 6) is 0. The zero-order valence-corrected chi connectivity index (χ0v) is 19.0. The molecule has 1 heterocycles. The first-order valence-corrected chi connectivity index (χ1v) is 12.3. The van der Waals surface area contributed by atoms with Crippen LogP contribution in [0.5, 0.6) is 0 Å². The second kappa shape index (κ2) is 5.21. The van der Waals surface area contributed by atoms with E-state index in [0.29, 0.717) is 0 Å². The van der Waals surface area contributed by atoms with Crippen LogP contribution in [0.15, 0.2) is 74.4 Å². The van der Waals surface area contributed by atoms with Gasteiger partial charge < -0.3 is 0 Å². The van der Waals surface area contributed by atoms with E-state index in [-0.39, 0.29) is 10.8 Å². The molecule has 1 aromatic rings. The second-order valence-electron chi connectivity index (χ2n) is 8.64. The molecule has 0 unspecified atom stereocenters. The van der Waals surface area contributed by atoms with Crippen LogP contribution in [0.1, 0.15) is 55.4 Å². The van der Waals surface area contributed by atoms with Crippen molar-refractivity contribution in [2.75, 3.05) is 0 Å². The molecule has 0 spiro atoms. The third-order valence-electron chi connectivity index (χ3n) is 8.16. The Bertz CT molecular complexity index is 969. The van der Waals surface area contributed by atoms with Crippen LogP contribution in [0, 0.1) is 10.8 Å². The smallest absolute Gasteiger partial charge is 0.0325 e. The van der Waals surface area contributed by atoms with Gasteiger partial charge >= 0.3 is 0 Å². The van der Waals surface area contributed by atoms with Gasteiger partial charge in [-0.1, -0.05) is 67.1 Å². The van der Waals surface area contributed by atoms with Gasteiger partial charge in [-0.2, -0.15) is 0 Å². The van der Waals surface area contributed by atoms with Crippen LogP contribution in [0.25, 0.3) is 0 Å². The van der Waals surface area contributed by atoms with Crippen molar-refractivity contribution in [3.63, 3.8) is 0 Å². The minimum absolute atomic E-state index is 0.00493. The lowest BCUT2D eigenvalue weighted by atomic mass is 9.60. The van der Waals surface area contributed by atoms with Crippen molar-refractivity contribution < 1.29 is 0 Å². The molecule has 26 heavy (non-hydrogen) atoms. The Labute approximate surface area is 163 Å². The summed E-state index contributed by atoms with van der Waals surface area (Å²) >= 11 is 6.76. The van der Waals surface area contributed by atoms with Crippen molar-refractivity contribution in [1.29, 1.82) is 0 Å². The summed E-state index contributed by atoms with van der Waals surface area (Å²) in [6, 6.07) is 8.97. The molecule has 0 saturated carbocycles. The standard InChI is InChI=1S/C24H29PS/c1-14-16(3)21-23(7,18(14)5)24(8)19(6)15(2)17(4)22(24)25(21,26)20-12-10-9-11-13-20/h9-13H,1-8H3/t23-,24-/m0/s1. The molecule has 2 heteroatoms. The number of hydrogen-bond acceptors (Lipinski definition) is 1. The predicted octanol–water partition coefficient (Wildman–Crippen LogP) is 7.07. The fourth-order valence-corrected chi connectivity index (χ4v) is 13.0. The maximum Gasteiger partial charge on any atom is 0.0325 e. The molecule has 0 radical (unpaired) electrons. The highest BCUT2D eigenvalue weighted by Gasteiger charge is 2.68. The van der Waals surface area contributed by atoms with Gasteiger partial charge in [0.05, 0.1) is 0 Å². The summed E-state index contributed by atoms with van der Waals surface area (Å²) in [5.41, 5.74) is 8.89. The molecule has 2 atom stereocenters. The van der Waals surface area contributed by atoms with Crippen molar-refractivity contribution in [3.8, 4) is 0 Å². The largest absolute Gasteiger partial charge is 0.0832 e. The van der Waals surface area contributed by atoms with E-state index < -0.39 is 6.04 Å². The third kappa shape index (κ3) is 1.62. The molecular formula is C24H29PS. The van der Waals surface area contributed by atoms with E-state index in [1.165, 1.54) is 38.7 Å².